The Bertz CT molecular complexity index is 1430. The number of anilines is 1. The number of halogens is 2. The molecule has 10 nitrogen and oxygen atoms in total. The van der Waals surface area contributed by atoms with Crippen LogP contribution in [-0.2, 0) is 16.4 Å². The van der Waals surface area contributed by atoms with Crippen molar-refractivity contribution in [2.24, 2.45) is 0 Å². The molecule has 0 bridgehead atoms. The molecule has 1 aromatic heterocycles. The molecule has 2 aromatic carbocycles. The third-order valence-corrected chi connectivity index (χ3v) is 7.55. The van der Waals surface area contributed by atoms with Crippen LogP contribution in [-0.4, -0.2) is 66.0 Å². The van der Waals surface area contributed by atoms with Gasteiger partial charge in [-0.05, 0) is 42.7 Å². The number of nitrogens with zero attached hydrogens (tertiary/aromatic N) is 1. The molecule has 0 saturated carbocycles. The second-order valence-corrected chi connectivity index (χ2v) is 12.1. The van der Waals surface area contributed by atoms with Gasteiger partial charge in [-0.2, -0.15) is 0 Å². The van der Waals surface area contributed by atoms with Gasteiger partial charge in [0, 0.05) is 19.9 Å². The van der Waals surface area contributed by atoms with Gasteiger partial charge in [0.05, 0.1) is 18.3 Å². The number of unbranched alkanes of at least 4 members (excludes halogenated alkanes) is 1. The van der Waals surface area contributed by atoms with Crippen LogP contribution in [0.5, 0.6) is 0 Å². The molecule has 0 spiro atoms. The smallest absolute Gasteiger partial charge is 0.271 e. The highest BCUT2D eigenvalue weighted by Gasteiger charge is 2.34. The van der Waals surface area contributed by atoms with Gasteiger partial charge in [-0.15, -0.1) is 11.3 Å². The van der Waals surface area contributed by atoms with Crippen molar-refractivity contribution in [1.29, 1.82) is 0 Å². The zero-order valence-corrected chi connectivity index (χ0v) is 24.0. The summed E-state index contributed by atoms with van der Waals surface area (Å²) in [5.74, 6) is -3.03. The molecule has 0 fully saturated rings. The van der Waals surface area contributed by atoms with E-state index < -0.39 is 57.8 Å². The zero-order valence-electron chi connectivity index (χ0n) is 22.4. The van der Waals surface area contributed by atoms with Crippen LogP contribution in [0.2, 0.25) is 0 Å². The van der Waals surface area contributed by atoms with Gasteiger partial charge >= 0.3 is 0 Å². The lowest BCUT2D eigenvalue weighted by Gasteiger charge is -2.33. The van der Waals surface area contributed by atoms with Crippen LogP contribution in [0.1, 0.15) is 55.4 Å². The molecule has 1 heterocycles. The van der Waals surface area contributed by atoms with E-state index in [0.29, 0.717) is 24.5 Å². The van der Waals surface area contributed by atoms with Crippen molar-refractivity contribution >= 4 is 38.3 Å². The number of carbonyl (C=O) groups is 2. The maximum atomic E-state index is 13.9. The summed E-state index contributed by atoms with van der Waals surface area (Å²) in [7, 11) is -3.65. The van der Waals surface area contributed by atoms with Crippen molar-refractivity contribution in [3.8, 4) is 0 Å². The number of aromatic nitrogens is 1. The van der Waals surface area contributed by atoms with Crippen LogP contribution >= 0.6 is 11.3 Å². The fraction of sp³-hybridized carbons (Fsp3) is 0.370. The molecule has 3 rings (SSSR count). The Morgan fingerprint density at radius 2 is 1.61 bits per heavy atom. The summed E-state index contributed by atoms with van der Waals surface area (Å²) < 4.78 is 53.0. The highest BCUT2D eigenvalue weighted by atomic mass is 32.2. The minimum Gasteiger partial charge on any atom is -0.388 e. The van der Waals surface area contributed by atoms with Crippen LogP contribution in [0, 0.1) is 11.6 Å². The Balaban J connectivity index is 0.00000462. The van der Waals surface area contributed by atoms with Crippen molar-refractivity contribution < 1.29 is 39.9 Å². The van der Waals surface area contributed by atoms with Crippen LogP contribution in [0.4, 0.5) is 13.9 Å². The summed E-state index contributed by atoms with van der Waals surface area (Å²) in [5, 5.41) is 29.0. The lowest BCUT2D eigenvalue weighted by Crippen LogP contribution is -2.56. The first-order valence-electron chi connectivity index (χ1n) is 12.8. The highest BCUT2D eigenvalue weighted by Crippen LogP contribution is 2.20. The Hall–Kier alpha value is -3.46. The summed E-state index contributed by atoms with van der Waals surface area (Å²) in [6.45, 7) is 1.92. The van der Waals surface area contributed by atoms with Gasteiger partial charge < -0.3 is 20.8 Å². The lowest BCUT2D eigenvalue weighted by atomic mass is 9.91. The van der Waals surface area contributed by atoms with Crippen molar-refractivity contribution in [3.05, 3.63) is 82.4 Å². The maximum Gasteiger partial charge on any atom is 0.271 e. The Morgan fingerprint density at radius 3 is 2.22 bits per heavy atom. The molecule has 226 valence electrons. The van der Waals surface area contributed by atoms with Crippen LogP contribution in [0.25, 0.3) is 0 Å². The van der Waals surface area contributed by atoms with E-state index in [4.69, 9.17) is 0 Å². The zero-order chi connectivity index (χ0) is 30.2. The Kier molecular flexibility index (Phi) is 11.3. The summed E-state index contributed by atoms with van der Waals surface area (Å²) in [4.78, 5) is 29.8. The van der Waals surface area contributed by atoms with Gasteiger partial charge in [0.2, 0.25) is 10.0 Å². The average molecular weight is 615 g/mol. The van der Waals surface area contributed by atoms with E-state index in [-0.39, 0.29) is 25.7 Å². The Labute approximate surface area is 243 Å². The molecule has 2 amide bonds. The van der Waals surface area contributed by atoms with E-state index in [1.165, 1.54) is 5.38 Å². The van der Waals surface area contributed by atoms with Crippen LogP contribution in [0.15, 0.2) is 53.9 Å². The molecule has 41 heavy (non-hydrogen) atoms. The minimum atomic E-state index is -3.65. The number of carbonyl (C=O) groups excluding carboxylic acids is 2. The van der Waals surface area contributed by atoms with E-state index in [9.17, 15) is 37.0 Å². The first-order chi connectivity index (χ1) is 19.4. The van der Waals surface area contributed by atoms with E-state index in [1.54, 1.807) is 30.3 Å². The fourth-order valence-electron chi connectivity index (χ4n) is 4.14. The number of aliphatic hydroxyl groups is 2. The summed E-state index contributed by atoms with van der Waals surface area (Å²) in [6, 6.07) is 8.82. The number of hydrogen-bond acceptors (Lipinski definition) is 8. The normalized spacial score (nSPS) is 14.5. The van der Waals surface area contributed by atoms with Crippen LogP contribution in [0.3, 0.4) is 0 Å². The number of rotatable bonds is 14. The summed E-state index contributed by atoms with van der Waals surface area (Å²) >= 11 is 0.852. The number of nitrogens with one attached hydrogen (secondary N) is 3. The fourth-order valence-corrected chi connectivity index (χ4v) is 5.68. The number of amides is 2. The highest BCUT2D eigenvalue weighted by molar-refractivity contribution is 7.92. The first-order valence-corrected chi connectivity index (χ1v) is 15.5. The Morgan fingerprint density at radius 1 is 1.00 bits per heavy atom. The maximum absolute atomic E-state index is 13.9. The largest absolute Gasteiger partial charge is 0.388 e. The average Bonchev–Trinajstić information content (AvgIpc) is 3.36. The van der Waals surface area contributed by atoms with Crippen molar-refractivity contribution in [3.63, 3.8) is 0 Å². The molecule has 0 aliphatic heterocycles. The topological polar surface area (TPSA) is 158 Å². The minimum absolute atomic E-state index is 0. The molecule has 0 aliphatic rings. The van der Waals surface area contributed by atoms with Crippen molar-refractivity contribution in [2.75, 3.05) is 11.0 Å². The number of thiazole rings is 1. The van der Waals surface area contributed by atoms with Gasteiger partial charge in [-0.3, -0.25) is 14.3 Å². The summed E-state index contributed by atoms with van der Waals surface area (Å²) in [5.41, 5.74) is 0.256. The standard InChI is InChI=1S/C27H32F2N4O6S2.2H2/c1-3-4-10-20(30-25(36)17-8-6-5-7-9-17)23(34)24(35)21(13-16-11-18(28)14-19(29)12-16)31-26(37)22-15-40-27(32-22)33-41(2,38)39;;/h5-9,11-12,14-15,20-21,23-24,34-35H,3-4,10,13H2,1-2H3,(H,30,36)(H,31,37)(H,32,33);2*1H/t20-,21+,23-,24-;;/m1../s1. The molecular weight excluding hydrogens is 578 g/mol. The van der Waals surface area contributed by atoms with Gasteiger partial charge in [0.25, 0.3) is 11.8 Å². The SMILES string of the molecule is CCCC[C@@H](NC(=O)c1ccccc1)[C@@H](O)[C@H](O)[C@H](Cc1cc(F)cc(F)c1)NC(=O)c1csc(NS(C)(=O)=O)n1.[HH].[HH]. The quantitative estimate of drug-likeness (QED) is 0.186. The number of benzene rings is 2. The van der Waals surface area contributed by atoms with E-state index in [0.717, 1.165) is 36.1 Å². The van der Waals surface area contributed by atoms with Crippen molar-refractivity contribution in [2.45, 2.75) is 56.9 Å². The molecule has 0 radical (unpaired) electrons. The van der Waals surface area contributed by atoms with Gasteiger partial charge in [0.1, 0.15) is 29.5 Å². The molecule has 4 atom stereocenters. The first kappa shape index (κ1) is 32.1. The number of aliphatic hydroxyl groups excluding tert-OH is 2. The van der Waals surface area contributed by atoms with Crippen LogP contribution < -0.4 is 15.4 Å². The van der Waals surface area contributed by atoms with E-state index >= 15 is 0 Å². The second-order valence-electron chi connectivity index (χ2n) is 9.54. The van der Waals surface area contributed by atoms with Gasteiger partial charge in [0.15, 0.2) is 5.13 Å². The molecule has 0 saturated heterocycles. The number of hydrogen-bond donors (Lipinski definition) is 5. The molecule has 5 N–H and O–H groups in total. The third kappa shape index (κ3) is 9.85. The lowest BCUT2D eigenvalue weighted by molar-refractivity contribution is -0.0238. The molecular formula is C27H36F2N4O6S2. The van der Waals surface area contributed by atoms with Crippen molar-refractivity contribution in [1.82, 2.24) is 15.6 Å². The molecule has 3 aromatic rings. The predicted molar refractivity (Wildman–Crippen MR) is 155 cm³/mol. The van der Waals surface area contributed by atoms with E-state index in [2.05, 4.69) is 20.3 Å². The molecule has 0 aliphatic carbocycles. The molecule has 0 unspecified atom stereocenters. The summed E-state index contributed by atoms with van der Waals surface area (Å²) in [6.07, 6.45) is -1.02. The monoisotopic (exact) mass is 614 g/mol. The van der Waals surface area contributed by atoms with Gasteiger partial charge in [-0.25, -0.2) is 22.2 Å². The number of sulfonamides is 1. The third-order valence-electron chi connectivity index (χ3n) is 6.10. The van der Waals surface area contributed by atoms with Gasteiger partial charge in [-0.1, -0.05) is 38.0 Å². The second kappa shape index (κ2) is 14.4. The predicted octanol–water partition coefficient (Wildman–Crippen LogP) is 3.34. The van der Waals surface area contributed by atoms with E-state index in [1.807, 2.05) is 6.92 Å². The molecule has 14 heteroatoms.